The average molecular weight is 318 g/mol. The molecule has 0 radical (unpaired) electrons. The van der Waals surface area contributed by atoms with Crippen molar-refractivity contribution >= 4 is 35.1 Å². The Balaban J connectivity index is 2.52. The van der Waals surface area contributed by atoms with Crippen LogP contribution in [0.25, 0.3) is 0 Å². The van der Waals surface area contributed by atoms with Crippen molar-refractivity contribution in [2.75, 3.05) is 0 Å². The van der Waals surface area contributed by atoms with Gasteiger partial charge in [-0.25, -0.2) is 4.79 Å². The van der Waals surface area contributed by atoms with Gasteiger partial charge in [-0.05, 0) is 30.5 Å². The largest absolute Gasteiger partial charge is 0.480 e. The van der Waals surface area contributed by atoms with Gasteiger partial charge in [-0.15, -0.1) is 0 Å². The molecule has 1 aromatic carbocycles. The minimum atomic E-state index is -1.01. The Labute approximate surface area is 128 Å². The highest BCUT2D eigenvalue weighted by Crippen LogP contribution is 2.22. The minimum absolute atomic E-state index is 0.189. The van der Waals surface area contributed by atoms with E-state index in [2.05, 4.69) is 5.32 Å². The topological polar surface area (TPSA) is 66.4 Å². The second-order valence-corrected chi connectivity index (χ2v) is 5.33. The Kier molecular flexibility index (Phi) is 6.82. The number of aliphatic carboxylic acids is 1. The van der Waals surface area contributed by atoms with Crippen LogP contribution in [-0.4, -0.2) is 23.0 Å². The first-order valence-corrected chi connectivity index (χ1v) is 7.15. The summed E-state index contributed by atoms with van der Waals surface area (Å²) in [6, 6.07) is 4.26. The SMILES string of the molecule is CCCC(NC(=O)CCc1ccc(Cl)cc1Cl)C(=O)O. The first-order valence-electron chi connectivity index (χ1n) is 6.40. The van der Waals surface area contributed by atoms with Crippen molar-refractivity contribution in [2.45, 2.75) is 38.6 Å². The number of hydrogen-bond acceptors (Lipinski definition) is 2. The van der Waals surface area contributed by atoms with Crippen LogP contribution in [0.4, 0.5) is 0 Å². The summed E-state index contributed by atoms with van der Waals surface area (Å²) in [6.45, 7) is 1.87. The predicted molar refractivity (Wildman–Crippen MR) is 79.3 cm³/mol. The van der Waals surface area contributed by atoms with Crippen LogP contribution in [0.1, 0.15) is 31.7 Å². The lowest BCUT2D eigenvalue weighted by Gasteiger charge is -2.13. The van der Waals surface area contributed by atoms with Gasteiger partial charge in [-0.1, -0.05) is 42.6 Å². The Hall–Kier alpha value is -1.26. The maximum Gasteiger partial charge on any atom is 0.326 e. The van der Waals surface area contributed by atoms with E-state index in [-0.39, 0.29) is 12.3 Å². The number of carboxylic acid groups (broad SMARTS) is 1. The maximum atomic E-state index is 11.7. The summed E-state index contributed by atoms with van der Waals surface area (Å²) >= 11 is 11.8. The van der Waals surface area contributed by atoms with Gasteiger partial charge in [0.05, 0.1) is 0 Å². The molecule has 1 unspecified atom stereocenters. The van der Waals surface area contributed by atoms with Crippen LogP contribution >= 0.6 is 23.2 Å². The molecule has 0 aliphatic carbocycles. The zero-order chi connectivity index (χ0) is 15.1. The van der Waals surface area contributed by atoms with E-state index in [0.717, 1.165) is 5.56 Å². The molecule has 0 saturated heterocycles. The number of aryl methyl sites for hydroxylation is 1. The molecule has 0 aliphatic rings. The molecule has 0 bridgehead atoms. The monoisotopic (exact) mass is 317 g/mol. The lowest BCUT2D eigenvalue weighted by molar-refractivity contribution is -0.142. The highest BCUT2D eigenvalue weighted by Gasteiger charge is 2.18. The van der Waals surface area contributed by atoms with Crippen LogP contribution in [0.3, 0.4) is 0 Å². The van der Waals surface area contributed by atoms with Gasteiger partial charge in [0.1, 0.15) is 6.04 Å². The molecule has 1 amide bonds. The van der Waals surface area contributed by atoms with E-state index < -0.39 is 12.0 Å². The zero-order valence-electron chi connectivity index (χ0n) is 11.2. The third kappa shape index (κ3) is 5.39. The zero-order valence-corrected chi connectivity index (χ0v) is 12.7. The molecule has 20 heavy (non-hydrogen) atoms. The number of amides is 1. The lowest BCUT2D eigenvalue weighted by atomic mass is 10.1. The Morgan fingerprint density at radius 3 is 2.60 bits per heavy atom. The molecule has 1 rings (SSSR count). The highest BCUT2D eigenvalue weighted by molar-refractivity contribution is 6.35. The molecular weight excluding hydrogens is 301 g/mol. The van der Waals surface area contributed by atoms with Crippen molar-refractivity contribution in [3.63, 3.8) is 0 Å². The van der Waals surface area contributed by atoms with Crippen LogP contribution in [0.15, 0.2) is 18.2 Å². The van der Waals surface area contributed by atoms with Crippen LogP contribution in [-0.2, 0) is 16.0 Å². The van der Waals surface area contributed by atoms with Crippen molar-refractivity contribution in [2.24, 2.45) is 0 Å². The van der Waals surface area contributed by atoms with E-state index in [0.29, 0.717) is 29.3 Å². The molecule has 0 saturated carbocycles. The molecule has 0 spiro atoms. The van der Waals surface area contributed by atoms with E-state index in [1.807, 2.05) is 6.92 Å². The van der Waals surface area contributed by atoms with E-state index in [4.69, 9.17) is 28.3 Å². The third-order valence-electron chi connectivity index (χ3n) is 2.85. The summed E-state index contributed by atoms with van der Waals surface area (Å²) in [5.74, 6) is -1.30. The van der Waals surface area contributed by atoms with Crippen molar-refractivity contribution < 1.29 is 14.7 Å². The second kappa shape index (κ2) is 8.12. The van der Waals surface area contributed by atoms with Gasteiger partial charge in [0.25, 0.3) is 0 Å². The lowest BCUT2D eigenvalue weighted by Crippen LogP contribution is -2.40. The number of carbonyl (C=O) groups is 2. The van der Waals surface area contributed by atoms with Gasteiger partial charge >= 0.3 is 5.97 Å². The number of benzene rings is 1. The summed E-state index contributed by atoms with van der Waals surface area (Å²) in [4.78, 5) is 22.7. The standard InChI is InChI=1S/C14H17Cl2NO3/c1-2-3-12(14(19)20)17-13(18)7-5-9-4-6-10(15)8-11(9)16/h4,6,8,12H,2-3,5,7H2,1H3,(H,17,18)(H,19,20). The molecule has 0 aromatic heterocycles. The summed E-state index contributed by atoms with van der Waals surface area (Å²) in [5, 5.41) is 12.5. The molecule has 6 heteroatoms. The van der Waals surface area contributed by atoms with Crippen LogP contribution < -0.4 is 5.32 Å². The number of carboxylic acids is 1. The van der Waals surface area contributed by atoms with Gasteiger partial charge in [0, 0.05) is 16.5 Å². The van der Waals surface area contributed by atoms with Crippen molar-refractivity contribution in [1.82, 2.24) is 5.32 Å². The van der Waals surface area contributed by atoms with Gasteiger partial charge in [0.15, 0.2) is 0 Å². The fraction of sp³-hybridized carbons (Fsp3) is 0.429. The molecule has 0 fully saturated rings. The molecule has 1 aromatic rings. The van der Waals surface area contributed by atoms with Gasteiger partial charge in [-0.2, -0.15) is 0 Å². The first-order chi connectivity index (χ1) is 9.43. The van der Waals surface area contributed by atoms with E-state index in [1.165, 1.54) is 0 Å². The number of rotatable bonds is 7. The third-order valence-corrected chi connectivity index (χ3v) is 3.43. The number of hydrogen-bond donors (Lipinski definition) is 2. The maximum absolute atomic E-state index is 11.7. The average Bonchev–Trinajstić information content (AvgIpc) is 2.37. The Bertz CT molecular complexity index is 491. The van der Waals surface area contributed by atoms with Crippen LogP contribution in [0.5, 0.6) is 0 Å². The van der Waals surface area contributed by atoms with Crippen LogP contribution in [0.2, 0.25) is 10.0 Å². The summed E-state index contributed by atoms with van der Waals surface area (Å²) in [7, 11) is 0. The smallest absolute Gasteiger partial charge is 0.326 e. The van der Waals surface area contributed by atoms with Gasteiger partial charge in [0.2, 0.25) is 5.91 Å². The Morgan fingerprint density at radius 2 is 2.05 bits per heavy atom. The second-order valence-electron chi connectivity index (χ2n) is 4.48. The van der Waals surface area contributed by atoms with Crippen molar-refractivity contribution in [3.8, 4) is 0 Å². The first kappa shape index (κ1) is 16.8. The van der Waals surface area contributed by atoms with Gasteiger partial charge in [-0.3, -0.25) is 4.79 Å². The molecular formula is C14H17Cl2NO3. The number of carbonyl (C=O) groups excluding carboxylic acids is 1. The predicted octanol–water partition coefficient (Wildman–Crippen LogP) is 3.30. The number of nitrogens with one attached hydrogen (secondary N) is 1. The van der Waals surface area contributed by atoms with E-state index >= 15 is 0 Å². The fourth-order valence-electron chi connectivity index (χ4n) is 1.79. The van der Waals surface area contributed by atoms with Crippen LogP contribution in [0, 0.1) is 0 Å². The summed E-state index contributed by atoms with van der Waals surface area (Å²) < 4.78 is 0. The minimum Gasteiger partial charge on any atom is -0.480 e. The molecule has 110 valence electrons. The molecule has 1 atom stereocenters. The number of halogens is 2. The van der Waals surface area contributed by atoms with E-state index in [1.54, 1.807) is 18.2 Å². The molecule has 4 nitrogen and oxygen atoms in total. The van der Waals surface area contributed by atoms with Crippen molar-refractivity contribution in [1.29, 1.82) is 0 Å². The summed E-state index contributed by atoms with van der Waals surface area (Å²) in [6.07, 6.45) is 1.75. The quantitative estimate of drug-likeness (QED) is 0.810. The molecule has 0 heterocycles. The fourth-order valence-corrected chi connectivity index (χ4v) is 2.29. The Morgan fingerprint density at radius 1 is 1.35 bits per heavy atom. The molecule has 0 aliphatic heterocycles. The van der Waals surface area contributed by atoms with E-state index in [9.17, 15) is 9.59 Å². The summed E-state index contributed by atoms with van der Waals surface area (Å²) in [5.41, 5.74) is 0.814. The van der Waals surface area contributed by atoms with Crippen molar-refractivity contribution in [3.05, 3.63) is 33.8 Å². The molecule has 2 N–H and O–H groups in total. The van der Waals surface area contributed by atoms with Gasteiger partial charge < -0.3 is 10.4 Å². The highest BCUT2D eigenvalue weighted by atomic mass is 35.5. The normalized spacial score (nSPS) is 11.9.